The zero-order valence-corrected chi connectivity index (χ0v) is 13.2. The van der Waals surface area contributed by atoms with Gasteiger partial charge in [-0.15, -0.1) is 0 Å². The first-order valence-electron chi connectivity index (χ1n) is 8.78. The lowest BCUT2D eigenvalue weighted by molar-refractivity contribution is -0.132. The summed E-state index contributed by atoms with van der Waals surface area (Å²) >= 11 is 0. The Hall–Kier alpha value is -0.570. The first-order chi connectivity index (χ1) is 9.79. The molecule has 1 amide bonds. The van der Waals surface area contributed by atoms with Crippen LogP contribution in [0.5, 0.6) is 0 Å². The molecule has 0 aromatic heterocycles. The SMILES string of the molecule is CCN(CC1CCCNC1)C(=O)CC1CCCCCC1. The summed E-state index contributed by atoms with van der Waals surface area (Å²) < 4.78 is 0. The number of hydrogen-bond acceptors (Lipinski definition) is 2. The summed E-state index contributed by atoms with van der Waals surface area (Å²) in [5.74, 6) is 1.73. The largest absolute Gasteiger partial charge is 0.343 e. The maximum Gasteiger partial charge on any atom is 0.222 e. The number of nitrogens with zero attached hydrogens (tertiary/aromatic N) is 1. The monoisotopic (exact) mass is 280 g/mol. The zero-order chi connectivity index (χ0) is 14.2. The summed E-state index contributed by atoms with van der Waals surface area (Å²) in [6, 6.07) is 0. The highest BCUT2D eigenvalue weighted by Crippen LogP contribution is 2.26. The molecule has 1 atom stereocenters. The maximum absolute atomic E-state index is 12.5. The van der Waals surface area contributed by atoms with Crippen LogP contribution in [0.1, 0.15) is 64.7 Å². The molecule has 1 saturated heterocycles. The van der Waals surface area contributed by atoms with Gasteiger partial charge in [0.25, 0.3) is 0 Å². The van der Waals surface area contributed by atoms with Crippen molar-refractivity contribution in [2.45, 2.75) is 64.7 Å². The fourth-order valence-corrected chi connectivity index (χ4v) is 3.74. The molecule has 1 saturated carbocycles. The minimum atomic E-state index is 0.407. The van der Waals surface area contributed by atoms with Crippen LogP contribution in [0.2, 0.25) is 0 Å². The molecular weight excluding hydrogens is 248 g/mol. The van der Waals surface area contributed by atoms with Crippen molar-refractivity contribution in [2.24, 2.45) is 11.8 Å². The van der Waals surface area contributed by atoms with Gasteiger partial charge in [0.05, 0.1) is 0 Å². The van der Waals surface area contributed by atoms with Crippen LogP contribution in [0.3, 0.4) is 0 Å². The van der Waals surface area contributed by atoms with Gasteiger partial charge in [-0.2, -0.15) is 0 Å². The van der Waals surface area contributed by atoms with Gasteiger partial charge in [0, 0.05) is 19.5 Å². The van der Waals surface area contributed by atoms with E-state index in [0.29, 0.717) is 17.7 Å². The molecule has 0 aromatic carbocycles. The van der Waals surface area contributed by atoms with Gasteiger partial charge in [-0.05, 0) is 57.5 Å². The van der Waals surface area contributed by atoms with Crippen molar-refractivity contribution in [1.29, 1.82) is 0 Å². The van der Waals surface area contributed by atoms with Gasteiger partial charge < -0.3 is 10.2 Å². The van der Waals surface area contributed by atoms with Gasteiger partial charge in [-0.1, -0.05) is 25.7 Å². The van der Waals surface area contributed by atoms with Crippen molar-refractivity contribution in [3.8, 4) is 0 Å². The molecule has 20 heavy (non-hydrogen) atoms. The Morgan fingerprint density at radius 3 is 2.35 bits per heavy atom. The van der Waals surface area contributed by atoms with Crippen molar-refractivity contribution in [3.63, 3.8) is 0 Å². The fraction of sp³-hybridized carbons (Fsp3) is 0.941. The molecule has 1 aliphatic carbocycles. The second-order valence-electron chi connectivity index (χ2n) is 6.71. The maximum atomic E-state index is 12.5. The van der Waals surface area contributed by atoms with Gasteiger partial charge >= 0.3 is 0 Å². The molecule has 1 heterocycles. The summed E-state index contributed by atoms with van der Waals surface area (Å²) in [6.45, 7) is 6.21. The molecule has 1 aliphatic heterocycles. The van der Waals surface area contributed by atoms with Gasteiger partial charge in [0.2, 0.25) is 5.91 Å². The summed E-state index contributed by atoms with van der Waals surface area (Å²) in [5, 5.41) is 3.45. The van der Waals surface area contributed by atoms with E-state index in [2.05, 4.69) is 17.1 Å². The molecule has 3 heteroatoms. The number of amides is 1. The van der Waals surface area contributed by atoms with Crippen LogP contribution in [0.25, 0.3) is 0 Å². The first kappa shape index (κ1) is 15.8. The highest BCUT2D eigenvalue weighted by molar-refractivity contribution is 5.76. The minimum Gasteiger partial charge on any atom is -0.343 e. The van der Waals surface area contributed by atoms with Crippen LogP contribution in [-0.2, 0) is 4.79 Å². The first-order valence-corrected chi connectivity index (χ1v) is 8.78. The molecule has 3 nitrogen and oxygen atoms in total. The number of carbonyl (C=O) groups is 1. The number of hydrogen-bond donors (Lipinski definition) is 1. The second kappa shape index (κ2) is 8.66. The van der Waals surface area contributed by atoms with E-state index in [9.17, 15) is 4.79 Å². The van der Waals surface area contributed by atoms with Gasteiger partial charge in [0.1, 0.15) is 0 Å². The Labute approximate surface area is 124 Å². The molecule has 116 valence electrons. The topological polar surface area (TPSA) is 32.3 Å². The fourth-order valence-electron chi connectivity index (χ4n) is 3.74. The highest BCUT2D eigenvalue weighted by Gasteiger charge is 2.22. The van der Waals surface area contributed by atoms with Crippen molar-refractivity contribution in [1.82, 2.24) is 10.2 Å². The molecule has 1 N–H and O–H groups in total. The molecule has 0 aromatic rings. The van der Waals surface area contributed by atoms with Gasteiger partial charge in [0.15, 0.2) is 0 Å². The van der Waals surface area contributed by atoms with Crippen LogP contribution in [0, 0.1) is 11.8 Å². The minimum absolute atomic E-state index is 0.407. The van der Waals surface area contributed by atoms with E-state index in [1.807, 2.05) is 0 Å². The summed E-state index contributed by atoms with van der Waals surface area (Å²) in [5.41, 5.74) is 0. The average Bonchev–Trinajstić information content (AvgIpc) is 2.74. The molecule has 2 fully saturated rings. The predicted octanol–water partition coefficient (Wildman–Crippen LogP) is 3.20. The Balaban J connectivity index is 1.77. The average molecular weight is 280 g/mol. The van der Waals surface area contributed by atoms with Crippen LogP contribution in [0.15, 0.2) is 0 Å². The number of rotatable bonds is 5. The summed E-state index contributed by atoms with van der Waals surface area (Å²) in [7, 11) is 0. The van der Waals surface area contributed by atoms with E-state index < -0.39 is 0 Å². The van der Waals surface area contributed by atoms with E-state index in [1.165, 1.54) is 51.4 Å². The quantitative estimate of drug-likeness (QED) is 0.784. The Morgan fingerprint density at radius 2 is 1.75 bits per heavy atom. The number of nitrogens with one attached hydrogen (secondary N) is 1. The van der Waals surface area contributed by atoms with Crippen molar-refractivity contribution in [2.75, 3.05) is 26.2 Å². The van der Waals surface area contributed by atoms with Crippen molar-refractivity contribution >= 4 is 5.91 Å². The van der Waals surface area contributed by atoms with Crippen LogP contribution in [0.4, 0.5) is 0 Å². The van der Waals surface area contributed by atoms with Crippen molar-refractivity contribution in [3.05, 3.63) is 0 Å². The third kappa shape index (κ3) is 5.08. The normalized spacial score (nSPS) is 25.1. The highest BCUT2D eigenvalue weighted by atomic mass is 16.2. The van der Waals surface area contributed by atoms with E-state index in [-0.39, 0.29) is 0 Å². The Bertz CT molecular complexity index is 279. The van der Waals surface area contributed by atoms with E-state index in [1.54, 1.807) is 0 Å². The lowest BCUT2D eigenvalue weighted by atomic mass is 9.95. The molecule has 0 spiro atoms. The number of piperidine rings is 1. The second-order valence-corrected chi connectivity index (χ2v) is 6.71. The van der Waals surface area contributed by atoms with E-state index in [4.69, 9.17) is 0 Å². The molecular formula is C17H32N2O. The molecule has 2 aliphatic rings. The molecule has 1 unspecified atom stereocenters. The van der Waals surface area contributed by atoms with Gasteiger partial charge in [-0.3, -0.25) is 4.79 Å². The molecule has 0 bridgehead atoms. The lowest BCUT2D eigenvalue weighted by Gasteiger charge is -2.30. The zero-order valence-electron chi connectivity index (χ0n) is 13.2. The Kier molecular flexibility index (Phi) is 6.85. The third-order valence-electron chi connectivity index (χ3n) is 5.05. The van der Waals surface area contributed by atoms with Crippen molar-refractivity contribution < 1.29 is 4.79 Å². The van der Waals surface area contributed by atoms with Crippen LogP contribution < -0.4 is 5.32 Å². The predicted molar refractivity (Wildman–Crippen MR) is 83.7 cm³/mol. The standard InChI is InChI=1S/C17H32N2O/c1-2-19(14-16-10-7-11-18-13-16)17(20)12-15-8-5-3-4-6-9-15/h15-16,18H,2-14H2,1H3. The van der Waals surface area contributed by atoms with E-state index in [0.717, 1.165) is 32.6 Å². The summed E-state index contributed by atoms with van der Waals surface area (Å²) in [6.07, 6.45) is 11.3. The molecule has 2 rings (SSSR count). The van der Waals surface area contributed by atoms with Crippen LogP contribution in [-0.4, -0.2) is 37.0 Å². The Morgan fingerprint density at radius 1 is 1.05 bits per heavy atom. The number of carbonyl (C=O) groups excluding carboxylic acids is 1. The molecule has 0 radical (unpaired) electrons. The van der Waals surface area contributed by atoms with Gasteiger partial charge in [-0.25, -0.2) is 0 Å². The van der Waals surface area contributed by atoms with Crippen LogP contribution >= 0.6 is 0 Å². The summed E-state index contributed by atoms with van der Waals surface area (Å²) in [4.78, 5) is 14.6. The van der Waals surface area contributed by atoms with E-state index >= 15 is 0 Å². The lowest BCUT2D eigenvalue weighted by Crippen LogP contribution is -2.41. The third-order valence-corrected chi connectivity index (χ3v) is 5.05. The smallest absolute Gasteiger partial charge is 0.222 e.